The van der Waals surface area contributed by atoms with Crippen LogP contribution in [0.4, 0.5) is 5.69 Å². The number of likely N-dealkylation sites (N-methyl/N-ethyl adjacent to an activating group) is 1. The maximum Gasteiger partial charge on any atom is 0.252 e. The van der Waals surface area contributed by atoms with Gasteiger partial charge in [-0.15, -0.1) is 0 Å². The van der Waals surface area contributed by atoms with Crippen LogP contribution < -0.4 is 20.7 Å². The fourth-order valence-corrected chi connectivity index (χ4v) is 4.37. The van der Waals surface area contributed by atoms with Crippen molar-refractivity contribution in [2.45, 2.75) is 45.3 Å². The third-order valence-corrected chi connectivity index (χ3v) is 6.45. The molecule has 1 amide bonds. The maximum atomic E-state index is 12.2. The molecule has 0 saturated heterocycles. The molecule has 10 nitrogen and oxygen atoms in total. The smallest absolute Gasteiger partial charge is 0.252 e. The maximum absolute atomic E-state index is 12.2. The molecule has 1 aromatic carbocycles. The lowest BCUT2D eigenvalue weighted by molar-refractivity contribution is 0.0952. The van der Waals surface area contributed by atoms with Crippen molar-refractivity contribution >= 4 is 22.6 Å². The fourth-order valence-electron chi connectivity index (χ4n) is 4.37. The van der Waals surface area contributed by atoms with Gasteiger partial charge in [-0.3, -0.25) is 9.78 Å². The lowest BCUT2D eigenvalue weighted by Crippen LogP contribution is -2.29. The SMILES string of the molecule is CNCC(O)COc1cccc(-c2cc(NCCCCCNC(=O)c3cccnc3)c3cnn(C(C)C)c3n2)c1. The molecule has 40 heavy (non-hydrogen) atoms. The van der Waals surface area contributed by atoms with Crippen molar-refractivity contribution in [2.24, 2.45) is 0 Å². The van der Waals surface area contributed by atoms with Gasteiger partial charge in [0.05, 0.1) is 22.8 Å². The van der Waals surface area contributed by atoms with E-state index in [2.05, 4.69) is 45.9 Å². The number of aliphatic hydroxyl groups is 1. The van der Waals surface area contributed by atoms with E-state index in [1.165, 1.54) is 0 Å². The Bertz CT molecular complexity index is 1370. The van der Waals surface area contributed by atoms with Gasteiger partial charge in [-0.25, -0.2) is 9.67 Å². The van der Waals surface area contributed by atoms with Crippen LogP contribution >= 0.6 is 0 Å². The Morgan fingerprint density at radius 1 is 1.07 bits per heavy atom. The average Bonchev–Trinajstić information content (AvgIpc) is 3.41. The molecule has 0 spiro atoms. The van der Waals surface area contributed by atoms with Gasteiger partial charge in [0.2, 0.25) is 0 Å². The van der Waals surface area contributed by atoms with E-state index in [0.29, 0.717) is 24.4 Å². The van der Waals surface area contributed by atoms with Crippen molar-refractivity contribution in [1.29, 1.82) is 0 Å². The van der Waals surface area contributed by atoms with Gasteiger partial charge in [0, 0.05) is 49.3 Å². The normalized spacial score (nSPS) is 12.0. The highest BCUT2D eigenvalue weighted by Gasteiger charge is 2.15. The second-order valence-corrected chi connectivity index (χ2v) is 10.0. The standard InChI is InChI=1S/C30H39N7O3/c1-21(2)37-29-26(19-35-37)28(33-13-5-4-6-14-34-30(39)23-10-8-12-32-17-23)16-27(36-29)22-9-7-11-25(15-22)40-20-24(38)18-31-3/h7-12,15-17,19,21,24,31,38H,4-6,13-14,18,20H2,1-3H3,(H,33,36)(H,34,39). The number of fused-ring (bicyclic) bond motifs is 1. The number of pyridine rings is 2. The van der Waals surface area contributed by atoms with Crippen molar-refractivity contribution in [2.75, 3.05) is 38.6 Å². The minimum atomic E-state index is -0.586. The zero-order chi connectivity index (χ0) is 28.3. The van der Waals surface area contributed by atoms with E-state index in [1.807, 2.05) is 35.1 Å². The Kier molecular flexibility index (Phi) is 10.4. The fraction of sp³-hybridized carbons (Fsp3) is 0.400. The van der Waals surface area contributed by atoms with E-state index in [1.54, 1.807) is 31.6 Å². The first kappa shape index (κ1) is 29.0. The van der Waals surface area contributed by atoms with Crippen LogP contribution in [-0.4, -0.2) is 70.2 Å². The summed E-state index contributed by atoms with van der Waals surface area (Å²) in [5.41, 5.74) is 4.12. The molecule has 0 aliphatic rings. The average molecular weight is 546 g/mol. The summed E-state index contributed by atoms with van der Waals surface area (Å²) >= 11 is 0. The van der Waals surface area contributed by atoms with Crippen LogP contribution in [0.15, 0.2) is 61.1 Å². The Morgan fingerprint density at radius 3 is 2.70 bits per heavy atom. The third-order valence-electron chi connectivity index (χ3n) is 6.45. The van der Waals surface area contributed by atoms with Crippen LogP contribution in [0.3, 0.4) is 0 Å². The van der Waals surface area contributed by atoms with Crippen molar-refractivity contribution in [1.82, 2.24) is 30.4 Å². The van der Waals surface area contributed by atoms with Crippen LogP contribution in [0, 0.1) is 0 Å². The lowest BCUT2D eigenvalue weighted by atomic mass is 10.1. The highest BCUT2D eigenvalue weighted by molar-refractivity contribution is 5.93. The van der Waals surface area contributed by atoms with Gasteiger partial charge in [-0.05, 0) is 70.5 Å². The second-order valence-electron chi connectivity index (χ2n) is 10.0. The number of aromatic nitrogens is 4. The number of benzene rings is 1. The van der Waals surface area contributed by atoms with E-state index < -0.39 is 6.10 Å². The lowest BCUT2D eigenvalue weighted by Gasteiger charge is -2.14. The molecule has 3 heterocycles. The van der Waals surface area contributed by atoms with E-state index in [0.717, 1.165) is 53.8 Å². The third kappa shape index (κ3) is 7.77. The van der Waals surface area contributed by atoms with Crippen molar-refractivity contribution in [3.63, 3.8) is 0 Å². The molecule has 0 bridgehead atoms. The predicted molar refractivity (Wildman–Crippen MR) is 158 cm³/mol. The van der Waals surface area contributed by atoms with Gasteiger partial charge >= 0.3 is 0 Å². The molecule has 4 rings (SSSR count). The number of rotatable bonds is 15. The topological polar surface area (TPSA) is 126 Å². The minimum absolute atomic E-state index is 0.0938. The molecular weight excluding hydrogens is 506 g/mol. The molecule has 10 heteroatoms. The van der Waals surface area contributed by atoms with Crippen molar-refractivity contribution in [3.8, 4) is 17.0 Å². The highest BCUT2D eigenvalue weighted by atomic mass is 16.5. The Morgan fingerprint density at radius 2 is 1.93 bits per heavy atom. The molecule has 0 aliphatic carbocycles. The summed E-state index contributed by atoms with van der Waals surface area (Å²) in [5, 5.41) is 25.0. The zero-order valence-corrected chi connectivity index (χ0v) is 23.4. The molecule has 4 N–H and O–H groups in total. The van der Waals surface area contributed by atoms with Crippen LogP contribution in [0.25, 0.3) is 22.3 Å². The molecule has 0 radical (unpaired) electrons. The molecule has 1 atom stereocenters. The number of anilines is 1. The Labute approximate surface area is 235 Å². The number of ether oxygens (including phenoxy) is 1. The van der Waals surface area contributed by atoms with E-state index in [-0.39, 0.29) is 18.6 Å². The molecular formula is C30H39N7O3. The van der Waals surface area contributed by atoms with Crippen molar-refractivity contribution in [3.05, 3.63) is 66.6 Å². The summed E-state index contributed by atoms with van der Waals surface area (Å²) in [5.74, 6) is 0.584. The number of nitrogens with zero attached hydrogens (tertiary/aromatic N) is 4. The molecule has 0 aliphatic heterocycles. The van der Waals surface area contributed by atoms with Gasteiger partial charge in [-0.2, -0.15) is 5.10 Å². The Hall–Kier alpha value is -4.02. The largest absolute Gasteiger partial charge is 0.491 e. The van der Waals surface area contributed by atoms with Gasteiger partial charge in [0.25, 0.3) is 5.91 Å². The summed E-state index contributed by atoms with van der Waals surface area (Å²) in [6.45, 7) is 6.26. The number of carbonyl (C=O) groups is 1. The van der Waals surface area contributed by atoms with E-state index in [4.69, 9.17) is 9.72 Å². The number of nitrogens with one attached hydrogen (secondary N) is 3. The van der Waals surface area contributed by atoms with Crippen molar-refractivity contribution < 1.29 is 14.6 Å². The summed E-state index contributed by atoms with van der Waals surface area (Å²) < 4.78 is 7.75. The molecule has 4 aromatic rings. The number of carbonyl (C=O) groups excluding carboxylic acids is 1. The number of amides is 1. The summed E-state index contributed by atoms with van der Waals surface area (Å²) in [4.78, 5) is 21.1. The monoisotopic (exact) mass is 545 g/mol. The zero-order valence-electron chi connectivity index (χ0n) is 23.4. The molecule has 0 fully saturated rings. The number of aliphatic hydroxyl groups excluding tert-OH is 1. The van der Waals surface area contributed by atoms with E-state index in [9.17, 15) is 9.90 Å². The summed E-state index contributed by atoms with van der Waals surface area (Å²) in [6, 6.07) is 13.5. The summed E-state index contributed by atoms with van der Waals surface area (Å²) in [6.07, 6.45) is 7.34. The first-order valence-corrected chi connectivity index (χ1v) is 13.8. The first-order valence-electron chi connectivity index (χ1n) is 13.8. The number of hydrogen-bond acceptors (Lipinski definition) is 8. The van der Waals surface area contributed by atoms with Gasteiger partial charge in [0.15, 0.2) is 5.65 Å². The molecule has 212 valence electrons. The van der Waals surface area contributed by atoms with Gasteiger partial charge in [0.1, 0.15) is 18.5 Å². The van der Waals surface area contributed by atoms with Crippen LogP contribution in [0.2, 0.25) is 0 Å². The number of hydrogen-bond donors (Lipinski definition) is 4. The number of unbranched alkanes of at least 4 members (excludes halogenated alkanes) is 2. The second kappa shape index (κ2) is 14.4. The van der Waals surface area contributed by atoms with Gasteiger partial charge < -0.3 is 25.8 Å². The van der Waals surface area contributed by atoms with E-state index >= 15 is 0 Å². The minimum Gasteiger partial charge on any atom is -0.491 e. The molecule has 3 aromatic heterocycles. The quantitative estimate of drug-likeness (QED) is 0.165. The highest BCUT2D eigenvalue weighted by Crippen LogP contribution is 2.31. The summed E-state index contributed by atoms with van der Waals surface area (Å²) in [7, 11) is 1.80. The predicted octanol–water partition coefficient (Wildman–Crippen LogP) is 4.05. The molecule has 0 saturated carbocycles. The Balaban J connectivity index is 1.39. The van der Waals surface area contributed by atoms with Crippen LogP contribution in [0.1, 0.15) is 49.5 Å². The van der Waals surface area contributed by atoms with Crippen LogP contribution in [-0.2, 0) is 0 Å². The van der Waals surface area contributed by atoms with Gasteiger partial charge in [-0.1, -0.05) is 12.1 Å². The first-order chi connectivity index (χ1) is 19.5. The molecule has 1 unspecified atom stereocenters. The van der Waals surface area contributed by atoms with Crippen LogP contribution in [0.5, 0.6) is 5.75 Å².